The minimum absolute atomic E-state index is 0.100. The van der Waals surface area contributed by atoms with E-state index in [1.54, 1.807) is 6.08 Å². The number of esters is 1. The van der Waals surface area contributed by atoms with Crippen LogP contribution in [0.1, 0.15) is 297 Å². The van der Waals surface area contributed by atoms with Gasteiger partial charge in [-0.3, -0.25) is 9.59 Å². The van der Waals surface area contributed by atoms with Gasteiger partial charge >= 0.3 is 5.97 Å². The summed E-state index contributed by atoms with van der Waals surface area (Å²) in [6, 6.07) is -1.04. The predicted molar refractivity (Wildman–Crippen MR) is 374 cm³/mol. The van der Waals surface area contributed by atoms with E-state index >= 15 is 0 Å². The molecule has 1 saturated heterocycles. The fourth-order valence-electron chi connectivity index (χ4n) is 10.7. The van der Waals surface area contributed by atoms with Gasteiger partial charge < -0.3 is 45.1 Å². The van der Waals surface area contributed by atoms with Crippen molar-refractivity contribution in [3.63, 3.8) is 0 Å². The van der Waals surface area contributed by atoms with Gasteiger partial charge in [0.05, 0.1) is 25.4 Å². The molecular weight excluding hydrogens is 1110 g/mol. The summed E-state index contributed by atoms with van der Waals surface area (Å²) in [4.78, 5) is 26.7. The van der Waals surface area contributed by atoms with Crippen molar-refractivity contribution < 1.29 is 49.3 Å². The van der Waals surface area contributed by atoms with Gasteiger partial charge in [0.15, 0.2) is 12.4 Å². The van der Waals surface area contributed by atoms with Gasteiger partial charge in [0.25, 0.3) is 0 Å². The smallest absolute Gasteiger partial charge is 0.306 e. The number of unbranched alkanes of at least 4 members (excludes halogenated alkanes) is 29. The minimum atomic E-state index is -1.63. The molecule has 0 saturated carbocycles. The lowest BCUT2D eigenvalue weighted by atomic mass is 9.99. The highest BCUT2D eigenvalue weighted by molar-refractivity contribution is 5.80. The third kappa shape index (κ3) is 51.3. The van der Waals surface area contributed by atoms with E-state index in [2.05, 4.69) is 135 Å². The van der Waals surface area contributed by atoms with Crippen molar-refractivity contribution in [1.82, 2.24) is 5.32 Å². The highest BCUT2D eigenvalue weighted by atomic mass is 16.7. The molecule has 1 rings (SSSR count). The largest absolute Gasteiger partial charge is 0.454 e. The number of hydrogen-bond acceptors (Lipinski definition) is 10. The number of aliphatic hydroxyl groups is 5. The molecule has 1 aliphatic rings. The van der Waals surface area contributed by atoms with Crippen molar-refractivity contribution in [1.29, 1.82) is 0 Å². The van der Waals surface area contributed by atoms with E-state index in [1.165, 1.54) is 109 Å². The molecule has 0 spiro atoms. The summed E-state index contributed by atoms with van der Waals surface area (Å²) in [7, 11) is 0. The molecule has 11 nitrogen and oxygen atoms in total. The number of amides is 1. The van der Waals surface area contributed by atoms with Gasteiger partial charge in [-0.15, -0.1) is 0 Å². The third-order valence-corrected chi connectivity index (χ3v) is 16.3. The number of nitrogens with one attached hydrogen (secondary N) is 1. The molecule has 11 heteroatoms. The first kappa shape index (κ1) is 83.1. The Balaban J connectivity index is 2.56. The number of carbonyl (C=O) groups excluding carboxylic acids is 2. The summed E-state index contributed by atoms with van der Waals surface area (Å²) in [6.07, 6.45) is 79.5. The number of ether oxygens (including phenoxy) is 3. The SMILES string of the molecule is CC/C=C\C/C=C\C/C=C\C/C=C\C/C=C\C/C=C\CCCCCCCCC(=O)OC1C(OCC(NC(=O)C(O)CCCCCCCCCCCCC/C=C\C/C=C\C/C=C\CCCCC)C(O)/C=C/CCCCCCCCCCC)OC(CO)C(O)C1O. The van der Waals surface area contributed by atoms with Crippen LogP contribution in [-0.4, -0.2) is 99.6 Å². The summed E-state index contributed by atoms with van der Waals surface area (Å²) in [5.74, 6) is -1.21. The Bertz CT molecular complexity index is 1920. The molecule has 0 bridgehead atoms. The molecular formula is C78H133NO10. The number of hydrogen-bond donors (Lipinski definition) is 6. The zero-order valence-electron chi connectivity index (χ0n) is 56.8. The molecule has 8 atom stereocenters. The lowest BCUT2D eigenvalue weighted by Crippen LogP contribution is -2.61. The van der Waals surface area contributed by atoms with Crippen LogP contribution in [0.25, 0.3) is 0 Å². The maximum Gasteiger partial charge on any atom is 0.306 e. The first-order valence-corrected chi connectivity index (χ1v) is 36.3. The summed E-state index contributed by atoms with van der Waals surface area (Å²) >= 11 is 0. The molecule has 1 fully saturated rings. The van der Waals surface area contributed by atoms with Gasteiger partial charge in [-0.2, -0.15) is 0 Å². The Kier molecular flexibility index (Phi) is 59.9. The Hall–Kier alpha value is -3.94. The van der Waals surface area contributed by atoms with Crippen LogP contribution in [-0.2, 0) is 23.8 Å². The maximum atomic E-state index is 13.5. The van der Waals surface area contributed by atoms with Crippen LogP contribution in [0.3, 0.4) is 0 Å². The van der Waals surface area contributed by atoms with Crippen LogP contribution < -0.4 is 5.32 Å². The van der Waals surface area contributed by atoms with Gasteiger partial charge in [-0.05, 0) is 116 Å². The van der Waals surface area contributed by atoms with Crippen molar-refractivity contribution in [3.8, 4) is 0 Å². The zero-order chi connectivity index (χ0) is 64.6. The molecule has 0 aromatic rings. The first-order chi connectivity index (χ1) is 43.7. The van der Waals surface area contributed by atoms with Crippen molar-refractivity contribution >= 4 is 11.9 Å². The fraction of sp³-hybridized carbons (Fsp3) is 0.718. The van der Waals surface area contributed by atoms with Crippen LogP contribution in [0, 0.1) is 0 Å². The Morgan fingerprint density at radius 2 is 0.809 bits per heavy atom. The molecule has 0 aliphatic carbocycles. The second-order valence-electron chi connectivity index (χ2n) is 24.6. The number of aliphatic hydroxyl groups excluding tert-OH is 5. The van der Waals surface area contributed by atoms with E-state index in [1.807, 2.05) is 6.08 Å². The highest BCUT2D eigenvalue weighted by Crippen LogP contribution is 2.26. The van der Waals surface area contributed by atoms with Crippen LogP contribution in [0.5, 0.6) is 0 Å². The fourth-order valence-corrected chi connectivity index (χ4v) is 10.7. The molecule has 0 aromatic heterocycles. The Morgan fingerprint density at radius 3 is 1.24 bits per heavy atom. The second-order valence-corrected chi connectivity index (χ2v) is 24.6. The van der Waals surface area contributed by atoms with Crippen LogP contribution >= 0.6 is 0 Å². The van der Waals surface area contributed by atoms with Crippen molar-refractivity contribution in [3.05, 3.63) is 122 Å². The molecule has 0 aromatic carbocycles. The molecule has 510 valence electrons. The number of carbonyl (C=O) groups is 2. The number of allylic oxidation sites excluding steroid dienone is 19. The van der Waals surface area contributed by atoms with Gasteiger partial charge in [0.2, 0.25) is 5.91 Å². The van der Waals surface area contributed by atoms with Crippen LogP contribution in [0.2, 0.25) is 0 Å². The van der Waals surface area contributed by atoms with E-state index in [0.29, 0.717) is 12.8 Å². The summed E-state index contributed by atoms with van der Waals surface area (Å²) in [5.41, 5.74) is 0. The summed E-state index contributed by atoms with van der Waals surface area (Å²) in [5, 5.41) is 57.3. The monoisotopic (exact) mass is 1240 g/mol. The topological polar surface area (TPSA) is 175 Å². The Morgan fingerprint density at radius 1 is 0.449 bits per heavy atom. The first-order valence-electron chi connectivity index (χ1n) is 36.3. The summed E-state index contributed by atoms with van der Waals surface area (Å²) in [6.45, 7) is 5.65. The third-order valence-electron chi connectivity index (χ3n) is 16.3. The van der Waals surface area contributed by atoms with Crippen LogP contribution in [0.4, 0.5) is 0 Å². The van der Waals surface area contributed by atoms with E-state index < -0.39 is 67.4 Å². The van der Waals surface area contributed by atoms with Crippen molar-refractivity contribution in [2.45, 2.75) is 346 Å². The lowest BCUT2D eigenvalue weighted by molar-refractivity contribution is -0.305. The maximum absolute atomic E-state index is 13.5. The van der Waals surface area contributed by atoms with E-state index in [4.69, 9.17) is 14.2 Å². The molecule has 8 unspecified atom stereocenters. The van der Waals surface area contributed by atoms with Crippen molar-refractivity contribution in [2.75, 3.05) is 13.2 Å². The average Bonchev–Trinajstić information content (AvgIpc) is 3.71. The van der Waals surface area contributed by atoms with E-state index in [0.717, 1.165) is 141 Å². The lowest BCUT2D eigenvalue weighted by Gasteiger charge is -2.41. The van der Waals surface area contributed by atoms with Gasteiger partial charge in [0, 0.05) is 6.42 Å². The van der Waals surface area contributed by atoms with E-state index in [9.17, 15) is 35.1 Å². The molecule has 1 heterocycles. The zero-order valence-corrected chi connectivity index (χ0v) is 56.8. The van der Waals surface area contributed by atoms with Crippen LogP contribution in [0.15, 0.2) is 122 Å². The summed E-state index contributed by atoms with van der Waals surface area (Å²) < 4.78 is 17.7. The predicted octanol–water partition coefficient (Wildman–Crippen LogP) is 19.0. The molecule has 6 N–H and O–H groups in total. The number of rotatable bonds is 61. The molecule has 0 radical (unpaired) electrons. The van der Waals surface area contributed by atoms with Gasteiger partial charge in [-0.1, -0.05) is 296 Å². The molecule has 89 heavy (non-hydrogen) atoms. The van der Waals surface area contributed by atoms with Crippen molar-refractivity contribution in [2.24, 2.45) is 0 Å². The van der Waals surface area contributed by atoms with Gasteiger partial charge in [0.1, 0.15) is 24.4 Å². The molecule has 1 aliphatic heterocycles. The molecule has 1 amide bonds. The standard InChI is InChI=1S/C78H133NO10/c1-4-7-10-13-16-19-22-24-26-28-30-32-34-36-38-40-42-44-46-48-51-54-57-60-63-66-73(83)89-76-75(85)74(84)72(67-80)88-78(76)87-68-69(70(81)64-61-58-55-52-49-21-18-15-12-9-6-3)79-77(86)71(82)65-62-59-56-53-50-47-45-43-41-39-37-35-33-31-29-27-25-23-20-17-14-11-8-5-2/h7,10,16-17,19-20,24-27,30-33,36,38,42,44,61,64,69-72,74-76,78,80-82,84-85H,4-6,8-9,11-15,18,21-23,28-29,34-35,37,39-41,43,45-60,62-63,65-68H2,1-3H3,(H,79,86)/b10-7-,19-16-,20-17-,26-24-,27-25-,32-30-,33-31-,38-36-,44-42-,64-61+. The van der Waals surface area contributed by atoms with Gasteiger partial charge in [-0.25, -0.2) is 0 Å². The Labute approximate surface area is 544 Å². The average molecular weight is 1240 g/mol. The normalized spacial score (nSPS) is 18.9. The minimum Gasteiger partial charge on any atom is -0.454 e. The second kappa shape index (κ2) is 64.2. The quantitative estimate of drug-likeness (QED) is 0.0195. The van der Waals surface area contributed by atoms with E-state index in [-0.39, 0.29) is 19.4 Å². The highest BCUT2D eigenvalue weighted by Gasteiger charge is 2.47.